The van der Waals surface area contributed by atoms with Gasteiger partial charge >= 0.3 is 0 Å². The molecule has 0 spiro atoms. The Morgan fingerprint density at radius 1 is 1.33 bits per heavy atom. The van der Waals surface area contributed by atoms with Crippen LogP contribution in [0.5, 0.6) is 0 Å². The number of rotatable bonds is 1. The third-order valence-electron chi connectivity index (χ3n) is 2.73. The lowest BCUT2D eigenvalue weighted by molar-refractivity contribution is 0.585. The molecule has 2 rings (SSSR count). The molecule has 82 valence electrons. The van der Waals surface area contributed by atoms with E-state index in [1.165, 1.54) is 0 Å². The van der Waals surface area contributed by atoms with Crippen LogP contribution in [0.4, 0.5) is 0 Å². The molecule has 3 atom stereocenters. The van der Waals surface area contributed by atoms with Gasteiger partial charge in [-0.1, -0.05) is 23.2 Å². The second kappa shape index (κ2) is 4.06. The summed E-state index contributed by atoms with van der Waals surface area (Å²) < 4.78 is 12.1. The summed E-state index contributed by atoms with van der Waals surface area (Å²) in [6, 6.07) is 3.47. The van der Waals surface area contributed by atoms with E-state index in [1.807, 2.05) is 14.0 Å². The molecule has 1 aliphatic heterocycles. The van der Waals surface area contributed by atoms with Crippen molar-refractivity contribution in [1.29, 1.82) is 0 Å². The first-order valence-electron chi connectivity index (χ1n) is 4.63. The lowest BCUT2D eigenvalue weighted by Crippen LogP contribution is -2.24. The lowest BCUT2D eigenvalue weighted by Gasteiger charge is -2.14. The van der Waals surface area contributed by atoms with Crippen molar-refractivity contribution < 1.29 is 4.21 Å². The van der Waals surface area contributed by atoms with E-state index in [4.69, 9.17) is 23.2 Å². The molecule has 1 aromatic rings. The van der Waals surface area contributed by atoms with Crippen molar-refractivity contribution >= 4 is 34.0 Å². The SMILES string of the molecule is CNC1c2c(Cl)ccc(Cl)c2S(=O)C1C. The fourth-order valence-electron chi connectivity index (χ4n) is 1.97. The smallest absolute Gasteiger partial charge is 0.0640 e. The fourth-order valence-corrected chi connectivity index (χ4v) is 4.30. The van der Waals surface area contributed by atoms with Gasteiger partial charge in [0, 0.05) is 16.6 Å². The highest BCUT2D eigenvalue weighted by Crippen LogP contribution is 2.43. The van der Waals surface area contributed by atoms with Crippen LogP contribution in [0.1, 0.15) is 18.5 Å². The van der Waals surface area contributed by atoms with Gasteiger partial charge in [-0.2, -0.15) is 0 Å². The minimum atomic E-state index is -1.07. The van der Waals surface area contributed by atoms with Crippen LogP contribution in [-0.4, -0.2) is 16.5 Å². The van der Waals surface area contributed by atoms with Gasteiger partial charge < -0.3 is 5.32 Å². The summed E-state index contributed by atoms with van der Waals surface area (Å²) in [4.78, 5) is 0.691. The van der Waals surface area contributed by atoms with Crippen molar-refractivity contribution in [2.45, 2.75) is 23.1 Å². The van der Waals surface area contributed by atoms with E-state index < -0.39 is 10.8 Å². The van der Waals surface area contributed by atoms with Gasteiger partial charge in [0.15, 0.2) is 0 Å². The van der Waals surface area contributed by atoms with E-state index in [-0.39, 0.29) is 11.3 Å². The molecule has 0 saturated carbocycles. The van der Waals surface area contributed by atoms with Crippen molar-refractivity contribution in [3.8, 4) is 0 Å². The minimum Gasteiger partial charge on any atom is -0.312 e. The molecular formula is C10H11Cl2NOS. The summed E-state index contributed by atoms with van der Waals surface area (Å²) in [5.41, 5.74) is 0.887. The molecular weight excluding hydrogens is 253 g/mol. The Labute approximate surface area is 101 Å². The topological polar surface area (TPSA) is 29.1 Å². The maximum Gasteiger partial charge on any atom is 0.0640 e. The summed E-state index contributed by atoms with van der Waals surface area (Å²) in [6.45, 7) is 1.93. The summed E-state index contributed by atoms with van der Waals surface area (Å²) in [6.07, 6.45) is 0. The Morgan fingerprint density at radius 2 is 1.93 bits per heavy atom. The van der Waals surface area contributed by atoms with Gasteiger partial charge in [0.25, 0.3) is 0 Å². The van der Waals surface area contributed by atoms with Gasteiger partial charge in [-0.15, -0.1) is 0 Å². The largest absolute Gasteiger partial charge is 0.312 e. The van der Waals surface area contributed by atoms with Crippen LogP contribution < -0.4 is 5.32 Å². The predicted molar refractivity (Wildman–Crippen MR) is 64.1 cm³/mol. The number of fused-ring (bicyclic) bond motifs is 1. The molecule has 0 aromatic heterocycles. The zero-order valence-corrected chi connectivity index (χ0v) is 10.7. The number of halogens is 2. The molecule has 0 radical (unpaired) electrons. The van der Waals surface area contributed by atoms with Crippen LogP contribution in [-0.2, 0) is 10.8 Å². The molecule has 0 saturated heterocycles. The van der Waals surface area contributed by atoms with Crippen molar-refractivity contribution in [3.63, 3.8) is 0 Å². The molecule has 2 nitrogen and oxygen atoms in total. The van der Waals surface area contributed by atoms with Crippen molar-refractivity contribution in [2.75, 3.05) is 7.05 Å². The third kappa shape index (κ3) is 1.62. The summed E-state index contributed by atoms with van der Waals surface area (Å²) in [5, 5.41) is 4.30. The van der Waals surface area contributed by atoms with Crippen molar-refractivity contribution in [3.05, 3.63) is 27.7 Å². The van der Waals surface area contributed by atoms with Crippen LogP contribution in [0.25, 0.3) is 0 Å². The summed E-state index contributed by atoms with van der Waals surface area (Å²) in [7, 11) is 0.765. The average Bonchev–Trinajstić information content (AvgIpc) is 2.47. The average molecular weight is 264 g/mol. The Morgan fingerprint density at radius 3 is 2.53 bits per heavy atom. The predicted octanol–water partition coefficient (Wildman–Crippen LogP) is 2.76. The molecule has 5 heteroatoms. The zero-order valence-electron chi connectivity index (χ0n) is 8.38. The maximum atomic E-state index is 12.1. The summed E-state index contributed by atoms with van der Waals surface area (Å²) >= 11 is 12.2. The van der Waals surface area contributed by atoms with Gasteiger partial charge in [-0.3, -0.25) is 4.21 Å². The highest BCUT2D eigenvalue weighted by molar-refractivity contribution is 7.86. The number of hydrogen-bond acceptors (Lipinski definition) is 2. The molecule has 0 bridgehead atoms. The maximum absolute atomic E-state index is 12.1. The quantitative estimate of drug-likeness (QED) is 0.845. The highest BCUT2D eigenvalue weighted by Gasteiger charge is 2.38. The van der Waals surface area contributed by atoms with Gasteiger partial charge in [-0.25, -0.2) is 0 Å². The first kappa shape index (κ1) is 11.4. The fraction of sp³-hybridized carbons (Fsp3) is 0.400. The normalized spacial score (nSPS) is 29.2. The third-order valence-corrected chi connectivity index (χ3v) is 5.27. The highest BCUT2D eigenvalue weighted by atomic mass is 35.5. The summed E-state index contributed by atoms with van der Waals surface area (Å²) in [5.74, 6) is 0. The van der Waals surface area contributed by atoms with Crippen LogP contribution >= 0.6 is 23.2 Å². The Bertz CT molecular complexity index is 436. The van der Waals surface area contributed by atoms with Crippen molar-refractivity contribution in [2.24, 2.45) is 0 Å². The molecule has 1 aliphatic rings. The van der Waals surface area contributed by atoms with Crippen LogP contribution in [0.15, 0.2) is 17.0 Å². The molecule has 0 aliphatic carbocycles. The Kier molecular flexibility index (Phi) is 3.08. The first-order valence-corrected chi connectivity index (χ1v) is 6.60. The molecule has 1 aromatic carbocycles. The molecule has 3 unspecified atom stereocenters. The van der Waals surface area contributed by atoms with E-state index in [0.29, 0.717) is 14.9 Å². The first-order chi connectivity index (χ1) is 7.07. The van der Waals surface area contributed by atoms with Gasteiger partial charge in [-0.05, 0) is 26.1 Å². The second-order valence-corrected chi connectivity index (χ2v) is 6.10. The lowest BCUT2D eigenvalue weighted by atomic mass is 10.1. The zero-order chi connectivity index (χ0) is 11.2. The van der Waals surface area contributed by atoms with Crippen LogP contribution in [0.3, 0.4) is 0 Å². The second-order valence-electron chi connectivity index (χ2n) is 3.54. The number of nitrogens with one attached hydrogen (secondary N) is 1. The number of hydrogen-bond donors (Lipinski definition) is 1. The molecule has 0 fully saturated rings. The minimum absolute atomic E-state index is 0.00222. The van der Waals surface area contributed by atoms with E-state index in [9.17, 15) is 4.21 Å². The Balaban J connectivity index is 2.69. The van der Waals surface area contributed by atoms with E-state index in [0.717, 1.165) is 5.56 Å². The monoisotopic (exact) mass is 263 g/mol. The Hall–Kier alpha value is -0.0900. The van der Waals surface area contributed by atoms with Crippen LogP contribution in [0.2, 0.25) is 10.0 Å². The molecule has 1 heterocycles. The van der Waals surface area contributed by atoms with Gasteiger partial charge in [0.2, 0.25) is 0 Å². The van der Waals surface area contributed by atoms with Gasteiger partial charge in [0.1, 0.15) is 0 Å². The number of benzene rings is 1. The van der Waals surface area contributed by atoms with Gasteiger partial charge in [0.05, 0.1) is 26.0 Å². The van der Waals surface area contributed by atoms with E-state index in [1.54, 1.807) is 12.1 Å². The van der Waals surface area contributed by atoms with E-state index in [2.05, 4.69) is 5.32 Å². The van der Waals surface area contributed by atoms with Crippen molar-refractivity contribution in [1.82, 2.24) is 5.32 Å². The molecule has 1 N–H and O–H groups in total. The molecule has 0 amide bonds. The van der Waals surface area contributed by atoms with Crippen LogP contribution in [0, 0.1) is 0 Å². The standard InChI is InChI=1S/C10H11Cl2NOS/c1-5-9(13-2)8-6(11)3-4-7(12)10(8)15(5)14/h3-5,9,13H,1-2H3. The molecule has 15 heavy (non-hydrogen) atoms. The van der Waals surface area contributed by atoms with E-state index >= 15 is 0 Å².